The fourth-order valence-electron chi connectivity index (χ4n) is 2.03. The maximum atomic E-state index is 9.28. The Morgan fingerprint density at radius 2 is 1.80 bits per heavy atom. The van der Waals surface area contributed by atoms with E-state index >= 15 is 0 Å². The second-order valence-electron chi connectivity index (χ2n) is 4.79. The highest BCUT2D eigenvalue weighted by atomic mass is 79.9. The van der Waals surface area contributed by atoms with Crippen molar-refractivity contribution in [2.24, 2.45) is 0 Å². The molecule has 0 unspecified atom stereocenters. The molecule has 4 heteroatoms. The largest absolute Gasteiger partial charge is 0.439 e. The molecule has 106 valence electrons. The fraction of sp³-hybridized carbons (Fsp3) is 0.312. The van der Waals surface area contributed by atoms with E-state index in [0.717, 1.165) is 39.0 Å². The molecule has 0 atom stereocenters. The van der Waals surface area contributed by atoms with Crippen LogP contribution in [0.4, 0.5) is 0 Å². The van der Waals surface area contributed by atoms with Crippen LogP contribution in [0.3, 0.4) is 0 Å². The third-order valence-corrected chi connectivity index (χ3v) is 4.34. The van der Waals surface area contributed by atoms with E-state index in [4.69, 9.17) is 4.74 Å². The van der Waals surface area contributed by atoms with Gasteiger partial charge in [0.2, 0.25) is 5.88 Å². The number of aromatic nitrogens is 1. The molecule has 2 rings (SSSR count). The van der Waals surface area contributed by atoms with E-state index in [1.807, 2.05) is 39.0 Å². The van der Waals surface area contributed by atoms with Crippen molar-refractivity contribution >= 4 is 15.9 Å². The van der Waals surface area contributed by atoms with Crippen molar-refractivity contribution in [1.29, 1.82) is 0 Å². The Hall–Kier alpha value is -1.39. The van der Waals surface area contributed by atoms with Crippen LogP contribution in [-0.4, -0.2) is 10.1 Å². The van der Waals surface area contributed by atoms with Gasteiger partial charge in [0.25, 0.3) is 0 Å². The number of pyridine rings is 1. The number of aliphatic hydroxyl groups excluding tert-OH is 1. The van der Waals surface area contributed by atoms with Gasteiger partial charge in [0.1, 0.15) is 5.75 Å². The molecule has 1 N–H and O–H groups in total. The minimum Gasteiger partial charge on any atom is -0.439 e. The summed E-state index contributed by atoms with van der Waals surface area (Å²) in [5.41, 5.74) is 3.97. The Morgan fingerprint density at radius 3 is 2.35 bits per heavy atom. The molecule has 0 aliphatic rings. The molecule has 0 spiro atoms. The van der Waals surface area contributed by atoms with Crippen LogP contribution in [0.25, 0.3) is 0 Å². The second kappa shape index (κ2) is 6.37. The lowest BCUT2D eigenvalue weighted by atomic mass is 10.1. The lowest BCUT2D eigenvalue weighted by Crippen LogP contribution is -1.96. The van der Waals surface area contributed by atoms with E-state index < -0.39 is 0 Å². The van der Waals surface area contributed by atoms with Gasteiger partial charge in [-0.3, -0.25) is 0 Å². The monoisotopic (exact) mass is 335 g/mol. The van der Waals surface area contributed by atoms with Gasteiger partial charge in [-0.1, -0.05) is 22.9 Å². The van der Waals surface area contributed by atoms with Crippen LogP contribution < -0.4 is 4.74 Å². The molecule has 20 heavy (non-hydrogen) atoms. The average Bonchev–Trinajstić information content (AvgIpc) is 2.44. The normalized spacial score (nSPS) is 10.7. The summed E-state index contributed by atoms with van der Waals surface area (Å²) in [6, 6.07) is 7.60. The van der Waals surface area contributed by atoms with Crippen LogP contribution in [0.2, 0.25) is 0 Å². The molecule has 0 amide bonds. The van der Waals surface area contributed by atoms with Crippen molar-refractivity contribution in [3.63, 3.8) is 0 Å². The first-order valence-electron chi connectivity index (χ1n) is 6.58. The highest BCUT2D eigenvalue weighted by Gasteiger charge is 2.07. The smallest absolute Gasteiger partial charge is 0.219 e. The second-order valence-corrected chi connectivity index (χ2v) is 5.58. The number of benzene rings is 1. The van der Waals surface area contributed by atoms with Gasteiger partial charge in [0, 0.05) is 16.2 Å². The highest BCUT2D eigenvalue weighted by Crippen LogP contribution is 2.29. The molecule has 0 saturated carbocycles. The van der Waals surface area contributed by atoms with E-state index in [-0.39, 0.29) is 6.61 Å². The summed E-state index contributed by atoms with van der Waals surface area (Å²) in [5.74, 6) is 1.28. The Morgan fingerprint density at radius 1 is 1.15 bits per heavy atom. The van der Waals surface area contributed by atoms with Gasteiger partial charge in [-0.05, 0) is 55.2 Å². The molecular weight excluding hydrogens is 318 g/mol. The first-order valence-corrected chi connectivity index (χ1v) is 7.38. The highest BCUT2D eigenvalue weighted by molar-refractivity contribution is 9.10. The van der Waals surface area contributed by atoms with Crippen molar-refractivity contribution in [3.8, 4) is 11.6 Å². The maximum Gasteiger partial charge on any atom is 0.219 e. The number of rotatable bonds is 4. The first-order chi connectivity index (χ1) is 9.53. The fourth-order valence-corrected chi connectivity index (χ4v) is 2.26. The Labute approximate surface area is 127 Å². The summed E-state index contributed by atoms with van der Waals surface area (Å²) in [7, 11) is 0. The molecule has 1 heterocycles. The summed E-state index contributed by atoms with van der Waals surface area (Å²) in [6.07, 6.45) is 0.808. The van der Waals surface area contributed by atoms with Gasteiger partial charge in [-0.15, -0.1) is 0 Å². The Bertz CT molecular complexity index is 581. The number of ether oxygens (including phenoxy) is 1. The van der Waals surface area contributed by atoms with Crippen molar-refractivity contribution in [2.45, 2.75) is 33.8 Å². The average molecular weight is 336 g/mol. The number of aryl methyl sites for hydroxylation is 3. The van der Waals surface area contributed by atoms with E-state index in [1.54, 1.807) is 6.07 Å². The van der Waals surface area contributed by atoms with Crippen LogP contribution in [0, 0.1) is 13.8 Å². The SMILES string of the molecule is CCc1cc(CO)cc(Oc2cc(C)c(Br)c(C)c2)n1. The van der Waals surface area contributed by atoms with Crippen molar-refractivity contribution < 1.29 is 9.84 Å². The molecule has 1 aromatic carbocycles. The minimum atomic E-state index is -0.00965. The first kappa shape index (κ1) is 15.0. The van der Waals surface area contributed by atoms with E-state index in [1.165, 1.54) is 0 Å². The molecule has 2 aromatic rings. The molecule has 0 fully saturated rings. The molecule has 0 bridgehead atoms. The standard InChI is InChI=1S/C16H18BrNO2/c1-4-13-7-12(9-19)8-15(18-13)20-14-5-10(2)16(17)11(3)6-14/h5-8,19H,4,9H2,1-3H3. The molecule has 0 aliphatic carbocycles. The zero-order chi connectivity index (χ0) is 14.7. The molecule has 0 radical (unpaired) electrons. The van der Waals surface area contributed by atoms with Crippen molar-refractivity contribution in [2.75, 3.05) is 0 Å². The third kappa shape index (κ3) is 3.38. The molecule has 1 aromatic heterocycles. The van der Waals surface area contributed by atoms with Crippen LogP contribution in [0.15, 0.2) is 28.7 Å². The quantitative estimate of drug-likeness (QED) is 0.905. The lowest BCUT2D eigenvalue weighted by molar-refractivity contribution is 0.281. The summed E-state index contributed by atoms with van der Waals surface area (Å²) in [4.78, 5) is 4.43. The maximum absolute atomic E-state index is 9.28. The minimum absolute atomic E-state index is 0.00965. The summed E-state index contributed by atoms with van der Waals surface area (Å²) >= 11 is 3.54. The zero-order valence-electron chi connectivity index (χ0n) is 11.9. The van der Waals surface area contributed by atoms with Gasteiger partial charge in [0.05, 0.1) is 6.61 Å². The van der Waals surface area contributed by atoms with E-state index in [2.05, 4.69) is 20.9 Å². The van der Waals surface area contributed by atoms with Crippen LogP contribution in [-0.2, 0) is 13.0 Å². The van der Waals surface area contributed by atoms with Crippen molar-refractivity contribution in [3.05, 3.63) is 51.1 Å². The summed E-state index contributed by atoms with van der Waals surface area (Å²) in [6.45, 7) is 6.07. The number of hydrogen-bond acceptors (Lipinski definition) is 3. The predicted molar refractivity (Wildman–Crippen MR) is 83.2 cm³/mol. The van der Waals surface area contributed by atoms with Gasteiger partial charge in [-0.25, -0.2) is 4.98 Å². The van der Waals surface area contributed by atoms with Gasteiger partial charge in [0.15, 0.2) is 0 Å². The zero-order valence-corrected chi connectivity index (χ0v) is 13.5. The Kier molecular flexibility index (Phi) is 4.78. The van der Waals surface area contributed by atoms with E-state index in [9.17, 15) is 5.11 Å². The third-order valence-electron chi connectivity index (χ3n) is 3.09. The number of aliphatic hydroxyl groups is 1. The molecule has 3 nitrogen and oxygen atoms in total. The van der Waals surface area contributed by atoms with Gasteiger partial charge < -0.3 is 9.84 Å². The number of halogens is 1. The topological polar surface area (TPSA) is 42.4 Å². The Balaban J connectivity index is 2.34. The summed E-state index contributed by atoms with van der Waals surface area (Å²) < 4.78 is 6.93. The van der Waals surface area contributed by atoms with Gasteiger partial charge >= 0.3 is 0 Å². The number of hydrogen-bond donors (Lipinski definition) is 1. The van der Waals surface area contributed by atoms with E-state index in [0.29, 0.717) is 5.88 Å². The van der Waals surface area contributed by atoms with Crippen LogP contribution in [0.1, 0.15) is 29.3 Å². The summed E-state index contributed by atoms with van der Waals surface area (Å²) in [5, 5.41) is 9.28. The van der Waals surface area contributed by atoms with Crippen LogP contribution >= 0.6 is 15.9 Å². The van der Waals surface area contributed by atoms with Gasteiger partial charge in [-0.2, -0.15) is 0 Å². The number of nitrogens with zero attached hydrogens (tertiary/aromatic N) is 1. The lowest BCUT2D eigenvalue weighted by Gasteiger charge is -2.11. The molecule has 0 saturated heterocycles. The molecule has 0 aliphatic heterocycles. The molecular formula is C16H18BrNO2. The van der Waals surface area contributed by atoms with Crippen LogP contribution in [0.5, 0.6) is 11.6 Å². The predicted octanol–water partition coefficient (Wildman–Crippen LogP) is 4.31. The van der Waals surface area contributed by atoms with Crippen molar-refractivity contribution in [1.82, 2.24) is 4.98 Å².